The molecule has 2 aromatic rings. The van der Waals surface area contributed by atoms with Crippen LogP contribution in [0.3, 0.4) is 0 Å². The molecular weight excluding hydrogens is 299 g/mol. The Kier molecular flexibility index (Phi) is 5.08. The second kappa shape index (κ2) is 7.23. The minimum Gasteiger partial charge on any atom is -0.309 e. The van der Waals surface area contributed by atoms with Crippen LogP contribution in [0.15, 0.2) is 48.5 Å². The zero-order valence-electron chi connectivity index (χ0n) is 12.4. The molecule has 116 valence electrons. The van der Waals surface area contributed by atoms with E-state index in [2.05, 4.69) is 34.9 Å². The van der Waals surface area contributed by atoms with Gasteiger partial charge in [0.25, 0.3) is 0 Å². The lowest BCUT2D eigenvalue weighted by Gasteiger charge is -2.34. The summed E-state index contributed by atoms with van der Waals surface area (Å²) >= 11 is 6.10. The zero-order valence-corrected chi connectivity index (χ0v) is 13.1. The summed E-state index contributed by atoms with van der Waals surface area (Å²) in [6, 6.07) is 15.7. The summed E-state index contributed by atoms with van der Waals surface area (Å²) in [6.07, 6.45) is 2.19. The molecule has 0 aliphatic carbocycles. The van der Waals surface area contributed by atoms with Crippen LogP contribution < -0.4 is 10.6 Å². The molecule has 3 rings (SSSR count). The van der Waals surface area contributed by atoms with Crippen molar-refractivity contribution in [3.63, 3.8) is 0 Å². The normalized spacial score (nSPS) is 21.7. The molecule has 0 amide bonds. The monoisotopic (exact) mass is 318 g/mol. The van der Waals surface area contributed by atoms with E-state index < -0.39 is 0 Å². The van der Waals surface area contributed by atoms with E-state index in [4.69, 9.17) is 11.6 Å². The average molecular weight is 319 g/mol. The van der Waals surface area contributed by atoms with Gasteiger partial charge in [0.15, 0.2) is 0 Å². The van der Waals surface area contributed by atoms with Crippen molar-refractivity contribution in [2.24, 2.45) is 0 Å². The van der Waals surface area contributed by atoms with Gasteiger partial charge in [-0.05, 0) is 37.1 Å². The highest BCUT2D eigenvalue weighted by Gasteiger charge is 2.25. The van der Waals surface area contributed by atoms with Crippen LogP contribution in [0.4, 0.5) is 4.39 Å². The maximum absolute atomic E-state index is 13.9. The van der Waals surface area contributed by atoms with Crippen LogP contribution in [0.1, 0.15) is 30.0 Å². The lowest BCUT2D eigenvalue weighted by Crippen LogP contribution is -2.45. The SMILES string of the molecule is Fc1cccc(Cl)c1CN[C@H]1CCCN[C@H]1c1ccccc1. The fourth-order valence-corrected chi connectivity index (χ4v) is 3.28. The number of hydrogen-bond acceptors (Lipinski definition) is 2. The van der Waals surface area contributed by atoms with Gasteiger partial charge in [-0.3, -0.25) is 0 Å². The molecular formula is C18H20ClFN2. The maximum Gasteiger partial charge on any atom is 0.129 e. The molecule has 0 aromatic heterocycles. The molecule has 0 unspecified atom stereocenters. The first-order chi connectivity index (χ1) is 10.8. The van der Waals surface area contributed by atoms with Crippen molar-refractivity contribution < 1.29 is 4.39 Å². The van der Waals surface area contributed by atoms with Gasteiger partial charge in [-0.25, -0.2) is 4.39 Å². The highest BCUT2D eigenvalue weighted by molar-refractivity contribution is 6.31. The number of nitrogens with one attached hydrogen (secondary N) is 2. The van der Waals surface area contributed by atoms with Crippen LogP contribution >= 0.6 is 11.6 Å². The number of piperidine rings is 1. The summed E-state index contributed by atoms with van der Waals surface area (Å²) < 4.78 is 13.9. The van der Waals surface area contributed by atoms with Crippen molar-refractivity contribution in [2.75, 3.05) is 6.54 Å². The standard InChI is InChI=1S/C18H20ClFN2/c19-15-8-4-9-16(20)14(15)12-22-17-10-5-11-21-18(17)13-6-2-1-3-7-13/h1-4,6-9,17-18,21-22H,5,10-12H2/t17-,18-/m0/s1. The highest BCUT2D eigenvalue weighted by Crippen LogP contribution is 2.25. The Morgan fingerprint density at radius 1 is 1.14 bits per heavy atom. The molecule has 2 N–H and O–H groups in total. The first-order valence-corrected chi connectivity index (χ1v) is 8.08. The van der Waals surface area contributed by atoms with Gasteiger partial charge in [0, 0.05) is 29.2 Å². The van der Waals surface area contributed by atoms with E-state index in [-0.39, 0.29) is 17.9 Å². The Bertz CT molecular complexity index is 597. The molecule has 2 aromatic carbocycles. The molecule has 2 atom stereocenters. The molecule has 0 bridgehead atoms. The number of benzene rings is 2. The summed E-state index contributed by atoms with van der Waals surface area (Å²) in [7, 11) is 0. The van der Waals surface area contributed by atoms with E-state index in [1.807, 2.05) is 6.07 Å². The van der Waals surface area contributed by atoms with Crippen molar-refractivity contribution in [1.82, 2.24) is 10.6 Å². The van der Waals surface area contributed by atoms with Crippen LogP contribution in [-0.4, -0.2) is 12.6 Å². The molecule has 0 saturated carbocycles. The average Bonchev–Trinajstić information content (AvgIpc) is 2.56. The van der Waals surface area contributed by atoms with Gasteiger partial charge in [-0.15, -0.1) is 0 Å². The predicted molar refractivity (Wildman–Crippen MR) is 88.5 cm³/mol. The third-order valence-corrected chi connectivity index (χ3v) is 4.57. The fraction of sp³-hybridized carbons (Fsp3) is 0.333. The van der Waals surface area contributed by atoms with Crippen LogP contribution in [-0.2, 0) is 6.54 Å². The largest absolute Gasteiger partial charge is 0.309 e. The predicted octanol–water partition coefficient (Wildman–Crippen LogP) is 4.06. The van der Waals surface area contributed by atoms with Crippen molar-refractivity contribution >= 4 is 11.6 Å². The summed E-state index contributed by atoms with van der Waals surface area (Å²) in [6.45, 7) is 1.46. The van der Waals surface area contributed by atoms with Gasteiger partial charge >= 0.3 is 0 Å². The lowest BCUT2D eigenvalue weighted by atomic mass is 9.92. The van der Waals surface area contributed by atoms with Crippen molar-refractivity contribution in [2.45, 2.75) is 31.5 Å². The Morgan fingerprint density at radius 2 is 1.95 bits per heavy atom. The molecule has 1 aliphatic rings. The Hall–Kier alpha value is -1.42. The first-order valence-electron chi connectivity index (χ1n) is 7.70. The van der Waals surface area contributed by atoms with E-state index in [1.165, 1.54) is 11.6 Å². The number of hydrogen-bond donors (Lipinski definition) is 2. The summed E-state index contributed by atoms with van der Waals surface area (Å²) in [4.78, 5) is 0. The second-order valence-corrected chi connectivity index (χ2v) is 6.08. The number of rotatable bonds is 4. The maximum atomic E-state index is 13.9. The van der Waals surface area contributed by atoms with Crippen LogP contribution in [0.5, 0.6) is 0 Å². The van der Waals surface area contributed by atoms with Crippen molar-refractivity contribution in [3.05, 3.63) is 70.5 Å². The zero-order chi connectivity index (χ0) is 15.4. The quantitative estimate of drug-likeness (QED) is 0.888. The molecule has 4 heteroatoms. The lowest BCUT2D eigenvalue weighted by molar-refractivity contribution is 0.303. The molecule has 0 radical (unpaired) electrons. The first kappa shape index (κ1) is 15.5. The van der Waals surface area contributed by atoms with Gasteiger partial charge in [0.05, 0.1) is 0 Å². The molecule has 22 heavy (non-hydrogen) atoms. The topological polar surface area (TPSA) is 24.1 Å². The van der Waals surface area contributed by atoms with E-state index >= 15 is 0 Å². The van der Waals surface area contributed by atoms with Gasteiger partial charge in [0.2, 0.25) is 0 Å². The summed E-state index contributed by atoms with van der Waals surface area (Å²) in [5.74, 6) is -0.250. The van der Waals surface area contributed by atoms with Gasteiger partial charge in [-0.2, -0.15) is 0 Å². The third-order valence-electron chi connectivity index (χ3n) is 4.22. The van der Waals surface area contributed by atoms with Gasteiger partial charge < -0.3 is 10.6 Å². The molecule has 1 aliphatic heterocycles. The molecule has 2 nitrogen and oxygen atoms in total. The minimum absolute atomic E-state index is 0.250. The Morgan fingerprint density at radius 3 is 2.73 bits per heavy atom. The third kappa shape index (κ3) is 3.49. The minimum atomic E-state index is -0.250. The Labute approximate surface area is 135 Å². The smallest absolute Gasteiger partial charge is 0.129 e. The molecule has 1 heterocycles. The number of halogens is 2. The van der Waals surface area contributed by atoms with Crippen LogP contribution in [0.2, 0.25) is 5.02 Å². The molecule has 1 saturated heterocycles. The van der Waals surface area contributed by atoms with Gasteiger partial charge in [0.1, 0.15) is 5.82 Å². The Balaban J connectivity index is 1.72. The van der Waals surface area contributed by atoms with Gasteiger partial charge in [-0.1, -0.05) is 48.0 Å². The fourth-order valence-electron chi connectivity index (χ4n) is 3.05. The van der Waals surface area contributed by atoms with E-state index in [0.29, 0.717) is 17.1 Å². The van der Waals surface area contributed by atoms with E-state index in [1.54, 1.807) is 12.1 Å². The van der Waals surface area contributed by atoms with Crippen molar-refractivity contribution in [1.29, 1.82) is 0 Å². The van der Waals surface area contributed by atoms with E-state index in [9.17, 15) is 4.39 Å². The van der Waals surface area contributed by atoms with Crippen LogP contribution in [0, 0.1) is 5.82 Å². The highest BCUT2D eigenvalue weighted by atomic mass is 35.5. The second-order valence-electron chi connectivity index (χ2n) is 5.67. The van der Waals surface area contributed by atoms with E-state index in [0.717, 1.165) is 19.4 Å². The molecule has 0 spiro atoms. The van der Waals surface area contributed by atoms with Crippen LogP contribution in [0.25, 0.3) is 0 Å². The van der Waals surface area contributed by atoms with Crippen molar-refractivity contribution in [3.8, 4) is 0 Å². The molecule has 1 fully saturated rings. The summed E-state index contributed by atoms with van der Waals surface area (Å²) in [5.41, 5.74) is 1.81. The summed E-state index contributed by atoms with van der Waals surface area (Å²) in [5, 5.41) is 7.52.